The zero-order valence-corrected chi connectivity index (χ0v) is 14.9. The lowest BCUT2D eigenvalue weighted by Gasteiger charge is -2.26. The predicted octanol–water partition coefficient (Wildman–Crippen LogP) is 2.88. The van der Waals surface area contributed by atoms with Gasteiger partial charge in [-0.05, 0) is 50.0 Å². The second kappa shape index (κ2) is 8.48. The first-order chi connectivity index (χ1) is 12.0. The van der Waals surface area contributed by atoms with Gasteiger partial charge in [0.2, 0.25) is 0 Å². The van der Waals surface area contributed by atoms with E-state index in [4.69, 9.17) is 9.47 Å². The Balaban J connectivity index is 2.15. The summed E-state index contributed by atoms with van der Waals surface area (Å²) in [6.45, 7) is 0.373. The van der Waals surface area contributed by atoms with Crippen LogP contribution in [0.2, 0.25) is 0 Å². The maximum Gasteiger partial charge on any atom is 0.251 e. The van der Waals surface area contributed by atoms with Gasteiger partial charge in [-0.3, -0.25) is 4.79 Å². The highest BCUT2D eigenvalue weighted by Crippen LogP contribution is 2.31. The largest absolute Gasteiger partial charge is 0.493 e. The summed E-state index contributed by atoms with van der Waals surface area (Å²) in [5.41, 5.74) is 1.27. The van der Waals surface area contributed by atoms with Gasteiger partial charge < -0.3 is 19.7 Å². The lowest BCUT2D eigenvalue weighted by Crippen LogP contribution is -2.34. The Kier molecular flexibility index (Phi) is 6.36. The number of hydrogen-bond donors (Lipinski definition) is 1. The minimum Gasteiger partial charge on any atom is -0.493 e. The normalized spacial score (nSPS) is 11.9. The van der Waals surface area contributed by atoms with Crippen LogP contribution < -0.4 is 14.8 Å². The summed E-state index contributed by atoms with van der Waals surface area (Å²) in [5, 5.41) is 2.85. The summed E-state index contributed by atoms with van der Waals surface area (Å²) in [4.78, 5) is 14.2. The number of benzene rings is 2. The lowest BCUT2D eigenvalue weighted by atomic mass is 10.0. The van der Waals surface area contributed by atoms with Gasteiger partial charge in [-0.2, -0.15) is 0 Å². The third-order valence-corrected chi connectivity index (χ3v) is 3.96. The zero-order chi connectivity index (χ0) is 18.4. The molecular weight excluding hydrogens is 323 g/mol. The zero-order valence-electron chi connectivity index (χ0n) is 14.9. The van der Waals surface area contributed by atoms with Crippen LogP contribution in [-0.2, 0) is 0 Å². The maximum absolute atomic E-state index is 13.3. The maximum atomic E-state index is 13.3. The summed E-state index contributed by atoms with van der Waals surface area (Å²) < 4.78 is 23.9. The molecule has 2 aromatic carbocycles. The molecule has 0 saturated heterocycles. The van der Waals surface area contributed by atoms with Gasteiger partial charge >= 0.3 is 0 Å². The van der Waals surface area contributed by atoms with E-state index >= 15 is 0 Å². The summed E-state index contributed by atoms with van der Waals surface area (Å²) in [6.07, 6.45) is 0. The van der Waals surface area contributed by atoms with Gasteiger partial charge in [0.05, 0.1) is 20.3 Å². The minimum absolute atomic E-state index is 0.0719. The van der Waals surface area contributed by atoms with Crippen LogP contribution in [0.25, 0.3) is 0 Å². The average molecular weight is 346 g/mol. The van der Waals surface area contributed by atoms with Crippen molar-refractivity contribution < 1.29 is 18.7 Å². The molecule has 1 amide bonds. The summed E-state index contributed by atoms with van der Waals surface area (Å²) in [6, 6.07) is 11.2. The van der Waals surface area contributed by atoms with Crippen LogP contribution in [0.15, 0.2) is 42.5 Å². The van der Waals surface area contributed by atoms with E-state index < -0.39 is 5.82 Å². The fourth-order valence-electron chi connectivity index (χ4n) is 2.58. The predicted molar refractivity (Wildman–Crippen MR) is 94.7 cm³/mol. The Bertz CT molecular complexity index is 734. The number of methoxy groups -OCH3 is 2. The van der Waals surface area contributed by atoms with Crippen LogP contribution in [0, 0.1) is 5.82 Å². The van der Waals surface area contributed by atoms with Crippen molar-refractivity contribution in [3.63, 3.8) is 0 Å². The Hall–Kier alpha value is -2.60. The second-order valence-corrected chi connectivity index (χ2v) is 5.81. The summed E-state index contributed by atoms with van der Waals surface area (Å²) in [7, 11) is 7.02. The topological polar surface area (TPSA) is 50.8 Å². The first-order valence-corrected chi connectivity index (χ1v) is 7.88. The second-order valence-electron chi connectivity index (χ2n) is 5.81. The first kappa shape index (κ1) is 18.7. The van der Waals surface area contributed by atoms with Gasteiger partial charge in [-0.15, -0.1) is 0 Å². The molecule has 1 N–H and O–H groups in total. The molecule has 0 aliphatic carbocycles. The molecule has 0 heterocycles. The van der Waals surface area contributed by atoms with E-state index in [1.807, 2.05) is 37.2 Å². The number of nitrogens with one attached hydrogen (secondary N) is 1. The van der Waals surface area contributed by atoms with E-state index in [1.165, 1.54) is 18.2 Å². The molecule has 5 nitrogen and oxygen atoms in total. The van der Waals surface area contributed by atoms with Crippen molar-refractivity contribution in [2.45, 2.75) is 6.04 Å². The third kappa shape index (κ3) is 4.70. The number of carbonyl (C=O) groups excluding carboxylic acids is 1. The minimum atomic E-state index is -0.434. The van der Waals surface area contributed by atoms with Crippen molar-refractivity contribution >= 4 is 5.91 Å². The molecule has 0 aliphatic rings. The van der Waals surface area contributed by atoms with Gasteiger partial charge in [-0.25, -0.2) is 4.39 Å². The van der Waals surface area contributed by atoms with Crippen molar-refractivity contribution in [3.05, 3.63) is 59.4 Å². The van der Waals surface area contributed by atoms with Gasteiger partial charge in [0.1, 0.15) is 5.82 Å². The number of halogens is 1. The molecule has 25 heavy (non-hydrogen) atoms. The van der Waals surface area contributed by atoms with Crippen molar-refractivity contribution in [3.8, 4) is 11.5 Å². The SMILES string of the molecule is COc1ccc(C(CNC(=O)c2cccc(F)c2)N(C)C)cc1OC. The lowest BCUT2D eigenvalue weighted by molar-refractivity contribution is 0.0941. The fraction of sp³-hybridized carbons (Fsp3) is 0.316. The molecule has 134 valence electrons. The number of nitrogens with zero attached hydrogens (tertiary/aromatic N) is 1. The van der Waals surface area contributed by atoms with E-state index in [2.05, 4.69) is 5.32 Å². The highest BCUT2D eigenvalue weighted by Gasteiger charge is 2.18. The smallest absolute Gasteiger partial charge is 0.251 e. The molecule has 0 aliphatic heterocycles. The van der Waals surface area contributed by atoms with E-state index in [1.54, 1.807) is 20.3 Å². The number of amides is 1. The van der Waals surface area contributed by atoms with Crippen LogP contribution in [0.4, 0.5) is 4.39 Å². The number of rotatable bonds is 7. The van der Waals surface area contributed by atoms with Crippen molar-refractivity contribution in [1.82, 2.24) is 10.2 Å². The molecule has 0 bridgehead atoms. The van der Waals surface area contributed by atoms with Crippen molar-refractivity contribution in [2.75, 3.05) is 34.9 Å². The van der Waals surface area contributed by atoms with E-state index in [9.17, 15) is 9.18 Å². The average Bonchev–Trinajstić information content (AvgIpc) is 2.61. The molecule has 6 heteroatoms. The van der Waals surface area contributed by atoms with Crippen LogP contribution in [-0.4, -0.2) is 45.7 Å². The quantitative estimate of drug-likeness (QED) is 0.838. The molecule has 0 fully saturated rings. The molecule has 2 rings (SSSR count). The van der Waals surface area contributed by atoms with Gasteiger partial charge in [0.15, 0.2) is 11.5 Å². The Morgan fingerprint density at radius 3 is 2.44 bits per heavy atom. The van der Waals surface area contributed by atoms with Gasteiger partial charge in [0.25, 0.3) is 5.91 Å². The summed E-state index contributed by atoms with van der Waals surface area (Å²) in [5.74, 6) is 0.527. The first-order valence-electron chi connectivity index (χ1n) is 7.88. The number of hydrogen-bond acceptors (Lipinski definition) is 4. The van der Waals surface area contributed by atoms with Crippen LogP contribution in [0.3, 0.4) is 0 Å². The summed E-state index contributed by atoms with van der Waals surface area (Å²) >= 11 is 0. The molecular formula is C19H23FN2O3. The van der Waals surface area contributed by atoms with Crippen LogP contribution in [0.5, 0.6) is 11.5 Å². The third-order valence-electron chi connectivity index (χ3n) is 3.96. The van der Waals surface area contributed by atoms with Crippen molar-refractivity contribution in [1.29, 1.82) is 0 Å². The molecule has 2 aromatic rings. The van der Waals surface area contributed by atoms with Gasteiger partial charge in [-0.1, -0.05) is 12.1 Å². The van der Waals surface area contributed by atoms with Crippen LogP contribution in [0.1, 0.15) is 22.0 Å². The monoisotopic (exact) mass is 346 g/mol. The number of likely N-dealkylation sites (N-methyl/N-ethyl adjacent to an activating group) is 1. The highest BCUT2D eigenvalue weighted by molar-refractivity contribution is 5.94. The molecule has 0 saturated carbocycles. The molecule has 1 unspecified atom stereocenters. The van der Waals surface area contributed by atoms with Crippen molar-refractivity contribution in [2.24, 2.45) is 0 Å². The number of ether oxygens (including phenoxy) is 2. The number of carbonyl (C=O) groups is 1. The molecule has 0 radical (unpaired) electrons. The molecule has 0 spiro atoms. The Morgan fingerprint density at radius 1 is 1.12 bits per heavy atom. The van der Waals surface area contributed by atoms with Crippen LogP contribution >= 0.6 is 0 Å². The fourth-order valence-corrected chi connectivity index (χ4v) is 2.58. The Labute approximate surface area is 147 Å². The highest BCUT2D eigenvalue weighted by atomic mass is 19.1. The van der Waals surface area contributed by atoms with Gasteiger partial charge in [0, 0.05) is 12.1 Å². The van der Waals surface area contributed by atoms with E-state index in [0.29, 0.717) is 23.6 Å². The van der Waals surface area contributed by atoms with E-state index in [0.717, 1.165) is 5.56 Å². The molecule has 0 aromatic heterocycles. The standard InChI is InChI=1S/C19H23FN2O3/c1-22(2)16(13-8-9-17(24-3)18(11-13)25-4)12-21-19(23)14-6-5-7-15(20)10-14/h5-11,16H,12H2,1-4H3,(H,21,23). The van der Waals surface area contributed by atoms with E-state index in [-0.39, 0.29) is 11.9 Å². The Morgan fingerprint density at radius 2 is 1.84 bits per heavy atom. The molecule has 1 atom stereocenters.